The molecule has 1 saturated heterocycles. The maximum Gasteiger partial charge on any atom is 0.290 e. The molecule has 1 aromatic rings. The molecule has 0 bridgehead atoms. The van der Waals surface area contributed by atoms with Crippen molar-refractivity contribution in [1.82, 2.24) is 4.31 Å². The quantitative estimate of drug-likeness (QED) is 0.666. The molecule has 0 spiro atoms. The summed E-state index contributed by atoms with van der Waals surface area (Å²) in [6.07, 6.45) is 1.36. The van der Waals surface area contributed by atoms with Gasteiger partial charge >= 0.3 is 0 Å². The number of sulfonamides is 1. The van der Waals surface area contributed by atoms with Gasteiger partial charge in [-0.2, -0.15) is 4.31 Å². The number of nitrogens with zero attached hydrogens (tertiary/aromatic N) is 2. The molecule has 0 aliphatic carbocycles. The molecule has 9 heteroatoms. The summed E-state index contributed by atoms with van der Waals surface area (Å²) in [5, 5.41) is 11.1. The van der Waals surface area contributed by atoms with Crippen LogP contribution in [-0.4, -0.2) is 36.8 Å². The minimum atomic E-state index is -3.94. The molecule has 1 heterocycles. The molecule has 110 valence electrons. The van der Waals surface area contributed by atoms with Gasteiger partial charge in [-0.05, 0) is 25.0 Å². The van der Waals surface area contributed by atoms with E-state index in [1.54, 1.807) is 0 Å². The molecule has 7 nitrogen and oxygen atoms in total. The molecule has 1 aromatic carbocycles. The van der Waals surface area contributed by atoms with Crippen LogP contribution in [0.4, 0.5) is 5.69 Å². The Morgan fingerprint density at radius 2 is 2.20 bits per heavy atom. The Labute approximate surface area is 121 Å². The maximum atomic E-state index is 12.6. The van der Waals surface area contributed by atoms with Gasteiger partial charge in [0.1, 0.15) is 0 Å². The molecule has 0 aromatic heterocycles. The van der Waals surface area contributed by atoms with E-state index >= 15 is 0 Å². The number of rotatable bonds is 4. The molecule has 1 aliphatic heterocycles. The molecule has 2 N–H and O–H groups in total. The molecule has 20 heavy (non-hydrogen) atoms. The SMILES string of the molecule is NCC1CCCN1S(=O)(=O)c1ccc(Cl)cc1[N+](=O)[O-]. The minimum absolute atomic E-state index is 0.118. The summed E-state index contributed by atoms with van der Waals surface area (Å²) in [5.74, 6) is 0. The third-order valence-electron chi connectivity index (χ3n) is 3.30. The lowest BCUT2D eigenvalue weighted by atomic mass is 10.2. The topological polar surface area (TPSA) is 107 Å². The third kappa shape index (κ3) is 2.64. The van der Waals surface area contributed by atoms with Crippen molar-refractivity contribution in [2.24, 2.45) is 5.73 Å². The van der Waals surface area contributed by atoms with E-state index in [4.69, 9.17) is 17.3 Å². The zero-order chi connectivity index (χ0) is 14.9. The van der Waals surface area contributed by atoms with Gasteiger partial charge in [-0.15, -0.1) is 0 Å². The number of hydrogen-bond acceptors (Lipinski definition) is 5. The van der Waals surface area contributed by atoms with Crippen molar-refractivity contribution in [2.75, 3.05) is 13.1 Å². The Morgan fingerprint density at radius 3 is 2.80 bits per heavy atom. The van der Waals surface area contributed by atoms with Gasteiger partial charge in [0.05, 0.1) is 4.92 Å². The zero-order valence-electron chi connectivity index (χ0n) is 10.5. The first-order valence-electron chi connectivity index (χ1n) is 6.03. The van der Waals surface area contributed by atoms with E-state index in [1.807, 2.05) is 0 Å². The van der Waals surface area contributed by atoms with Gasteiger partial charge in [-0.3, -0.25) is 10.1 Å². The first kappa shape index (κ1) is 15.2. The lowest BCUT2D eigenvalue weighted by molar-refractivity contribution is -0.387. The number of benzene rings is 1. The van der Waals surface area contributed by atoms with Crippen LogP contribution in [0.3, 0.4) is 0 Å². The Kier molecular flexibility index (Phi) is 4.28. The fourth-order valence-electron chi connectivity index (χ4n) is 2.34. The van der Waals surface area contributed by atoms with Gasteiger partial charge in [0.25, 0.3) is 5.69 Å². The number of nitro groups is 1. The molecule has 1 atom stereocenters. The summed E-state index contributed by atoms with van der Waals surface area (Å²) in [5.41, 5.74) is 5.05. The van der Waals surface area contributed by atoms with Crippen LogP contribution in [0.25, 0.3) is 0 Å². The van der Waals surface area contributed by atoms with Gasteiger partial charge in [-0.25, -0.2) is 8.42 Å². The molecular weight excluding hydrogens is 306 g/mol. The lowest BCUT2D eigenvalue weighted by Gasteiger charge is -2.22. The van der Waals surface area contributed by atoms with E-state index < -0.39 is 20.6 Å². The average molecular weight is 320 g/mol. The van der Waals surface area contributed by atoms with Crippen LogP contribution in [0.5, 0.6) is 0 Å². The molecule has 0 saturated carbocycles. The van der Waals surface area contributed by atoms with Crippen LogP contribution in [0.2, 0.25) is 5.02 Å². The highest BCUT2D eigenvalue weighted by atomic mass is 35.5. The summed E-state index contributed by atoms with van der Waals surface area (Å²) in [7, 11) is -3.94. The summed E-state index contributed by atoms with van der Waals surface area (Å²) in [4.78, 5) is 9.94. The Bertz CT molecular complexity index is 635. The molecule has 1 fully saturated rings. The summed E-state index contributed by atoms with van der Waals surface area (Å²) >= 11 is 5.69. The highest BCUT2D eigenvalue weighted by molar-refractivity contribution is 7.89. The normalized spacial score (nSPS) is 20.2. The van der Waals surface area contributed by atoms with Crippen molar-refractivity contribution < 1.29 is 13.3 Å². The molecular formula is C11H14ClN3O4S. The van der Waals surface area contributed by atoms with Crippen molar-refractivity contribution >= 4 is 27.3 Å². The first-order chi connectivity index (χ1) is 9.37. The van der Waals surface area contributed by atoms with Crippen molar-refractivity contribution in [1.29, 1.82) is 0 Å². The smallest absolute Gasteiger partial charge is 0.290 e. The summed E-state index contributed by atoms with van der Waals surface area (Å²) in [6, 6.07) is 3.23. The predicted octanol–water partition coefficient (Wildman–Crippen LogP) is 1.36. The number of nitrogens with two attached hydrogens (primary N) is 1. The van der Waals surface area contributed by atoms with Gasteiger partial charge < -0.3 is 5.73 Å². The average Bonchev–Trinajstić information content (AvgIpc) is 2.87. The Hall–Kier alpha value is -1.22. The summed E-state index contributed by atoms with van der Waals surface area (Å²) < 4.78 is 26.4. The van der Waals surface area contributed by atoms with Crippen LogP contribution in [0.1, 0.15) is 12.8 Å². The monoisotopic (exact) mass is 319 g/mol. The van der Waals surface area contributed by atoms with E-state index in [-0.39, 0.29) is 22.5 Å². The molecule has 0 amide bonds. The van der Waals surface area contributed by atoms with Gasteiger partial charge in [0.2, 0.25) is 10.0 Å². The fraction of sp³-hybridized carbons (Fsp3) is 0.455. The summed E-state index contributed by atoms with van der Waals surface area (Å²) in [6.45, 7) is 0.518. The van der Waals surface area contributed by atoms with E-state index in [1.165, 1.54) is 16.4 Å². The fourth-order valence-corrected chi connectivity index (χ4v) is 4.35. The van der Waals surface area contributed by atoms with Gasteiger partial charge in [-0.1, -0.05) is 11.6 Å². The van der Waals surface area contributed by atoms with E-state index in [2.05, 4.69) is 0 Å². The number of halogens is 1. The van der Waals surface area contributed by atoms with Crippen LogP contribution in [-0.2, 0) is 10.0 Å². The van der Waals surface area contributed by atoms with Gasteiger partial charge in [0, 0.05) is 30.2 Å². The highest BCUT2D eigenvalue weighted by Gasteiger charge is 2.38. The lowest BCUT2D eigenvalue weighted by Crippen LogP contribution is -2.40. The van der Waals surface area contributed by atoms with E-state index in [0.29, 0.717) is 19.4 Å². The number of nitro benzene ring substituents is 1. The molecule has 0 radical (unpaired) electrons. The molecule has 1 aliphatic rings. The Balaban J connectivity index is 2.52. The van der Waals surface area contributed by atoms with E-state index in [9.17, 15) is 18.5 Å². The molecule has 2 rings (SSSR count). The number of hydrogen-bond donors (Lipinski definition) is 1. The second-order valence-electron chi connectivity index (χ2n) is 4.52. The van der Waals surface area contributed by atoms with Crippen molar-refractivity contribution in [3.05, 3.63) is 33.3 Å². The molecule has 1 unspecified atom stereocenters. The van der Waals surface area contributed by atoms with Crippen LogP contribution in [0.15, 0.2) is 23.1 Å². The Morgan fingerprint density at radius 1 is 1.50 bits per heavy atom. The van der Waals surface area contributed by atoms with Crippen molar-refractivity contribution in [3.8, 4) is 0 Å². The van der Waals surface area contributed by atoms with Crippen molar-refractivity contribution in [3.63, 3.8) is 0 Å². The third-order valence-corrected chi connectivity index (χ3v) is 5.53. The highest BCUT2D eigenvalue weighted by Crippen LogP contribution is 2.32. The second-order valence-corrected chi connectivity index (χ2v) is 6.81. The zero-order valence-corrected chi connectivity index (χ0v) is 12.1. The first-order valence-corrected chi connectivity index (χ1v) is 7.85. The van der Waals surface area contributed by atoms with Crippen LogP contribution < -0.4 is 5.73 Å². The van der Waals surface area contributed by atoms with Gasteiger partial charge in [0.15, 0.2) is 4.90 Å². The van der Waals surface area contributed by atoms with Crippen molar-refractivity contribution in [2.45, 2.75) is 23.8 Å². The second kappa shape index (κ2) is 5.65. The van der Waals surface area contributed by atoms with Crippen LogP contribution >= 0.6 is 11.6 Å². The largest absolute Gasteiger partial charge is 0.329 e. The minimum Gasteiger partial charge on any atom is -0.329 e. The maximum absolute atomic E-state index is 12.6. The van der Waals surface area contributed by atoms with E-state index in [0.717, 1.165) is 6.07 Å². The standard InChI is InChI=1S/C11H14ClN3O4S/c12-8-3-4-11(10(6-8)15(16)17)20(18,19)14-5-1-2-9(14)7-13/h3-4,6,9H,1-2,5,7,13H2. The predicted molar refractivity (Wildman–Crippen MR) is 74.1 cm³/mol. The van der Waals surface area contributed by atoms with Crippen LogP contribution in [0, 0.1) is 10.1 Å².